The van der Waals surface area contributed by atoms with Gasteiger partial charge in [-0.2, -0.15) is 0 Å². The first-order valence-corrected chi connectivity index (χ1v) is 18.3. The van der Waals surface area contributed by atoms with E-state index in [0.717, 1.165) is 58.1 Å². The van der Waals surface area contributed by atoms with E-state index >= 15 is 0 Å². The Morgan fingerprint density at radius 1 is 0.870 bits per heavy atom. The molecule has 4 aliphatic rings. The zero-order valence-electron chi connectivity index (χ0n) is 26.4. The molecule has 0 saturated carbocycles. The largest absolute Gasteiger partial charge is 0.397 e. The van der Waals surface area contributed by atoms with Gasteiger partial charge in [0.25, 0.3) is 0 Å². The molecule has 12 heteroatoms. The first-order chi connectivity index (χ1) is 22.3. The first-order valence-electron chi connectivity index (χ1n) is 16.7. The van der Waals surface area contributed by atoms with Crippen LogP contribution in [0.25, 0.3) is 0 Å². The van der Waals surface area contributed by atoms with Crippen LogP contribution in [0, 0.1) is 0 Å². The highest BCUT2D eigenvalue weighted by Crippen LogP contribution is 2.31. The minimum atomic E-state index is -0.700. The maximum absolute atomic E-state index is 14.0. The van der Waals surface area contributed by atoms with Crippen molar-refractivity contribution in [1.29, 1.82) is 0 Å². The molecule has 0 unspecified atom stereocenters. The fourth-order valence-corrected chi connectivity index (χ4v) is 8.79. The topological polar surface area (TPSA) is 114 Å². The molecular weight excluding hydrogens is 714 g/mol. The SMILES string of the molecule is Nc1c(Br)cc(C[C@H](NC(=O)N2CCC(N3CCc4ccccc4NC3=O)CC2)C(=O)N2CCC(N3CCCCC3)CC2)cc1Br. The molecule has 0 radical (unpaired) electrons. The summed E-state index contributed by atoms with van der Waals surface area (Å²) in [5, 5.41) is 6.18. The van der Waals surface area contributed by atoms with Crippen molar-refractivity contribution in [1.82, 2.24) is 24.9 Å². The molecule has 0 spiro atoms. The third-order valence-corrected chi connectivity index (χ3v) is 11.5. The fraction of sp³-hybridized carbons (Fsp3) is 0.559. The summed E-state index contributed by atoms with van der Waals surface area (Å²) in [4.78, 5) is 49.1. The fourth-order valence-electron chi connectivity index (χ4n) is 7.50. The maximum Gasteiger partial charge on any atom is 0.322 e. The average Bonchev–Trinajstić information content (AvgIpc) is 3.25. The van der Waals surface area contributed by atoms with Crippen LogP contribution < -0.4 is 16.4 Å². The molecule has 5 amide bonds. The van der Waals surface area contributed by atoms with Gasteiger partial charge in [0, 0.05) is 65.9 Å². The molecule has 10 nitrogen and oxygen atoms in total. The van der Waals surface area contributed by atoms with Crippen LogP contribution in [0.3, 0.4) is 0 Å². The van der Waals surface area contributed by atoms with Crippen molar-refractivity contribution < 1.29 is 14.4 Å². The van der Waals surface area contributed by atoms with Crippen molar-refractivity contribution in [3.8, 4) is 0 Å². The number of carbonyl (C=O) groups excluding carboxylic acids is 3. The number of nitrogens with two attached hydrogens (primary N) is 1. The standard InChI is InChI=1S/C34H45Br2N7O3/c35-27-20-23(21-28(36)31(27)37)22-30(32(44)41-15-9-25(10-16-41)40-13-4-1-5-14-40)39-33(45)42-17-11-26(12-18-42)43-19-8-24-6-2-3-7-29(24)38-34(43)46/h2-3,6-7,20-21,25-26,30H,1,4-5,8-19,22,37H2,(H,38,46)(H,39,45)/t30-/m0/s1. The third-order valence-electron chi connectivity index (χ3n) is 10.2. The van der Waals surface area contributed by atoms with Gasteiger partial charge in [0.1, 0.15) is 6.04 Å². The van der Waals surface area contributed by atoms with Gasteiger partial charge in [0.2, 0.25) is 5.91 Å². The summed E-state index contributed by atoms with van der Waals surface area (Å²) < 4.78 is 1.50. The average molecular weight is 760 g/mol. The van der Waals surface area contributed by atoms with Crippen LogP contribution in [0.2, 0.25) is 0 Å². The Balaban J connectivity index is 1.09. The maximum atomic E-state index is 14.0. The van der Waals surface area contributed by atoms with Crippen LogP contribution in [0.5, 0.6) is 0 Å². The third kappa shape index (κ3) is 7.65. The lowest BCUT2D eigenvalue weighted by Crippen LogP contribution is -2.57. The number of carbonyl (C=O) groups is 3. The number of rotatable bonds is 6. The Hall–Kier alpha value is -2.83. The quantitative estimate of drug-likeness (QED) is 0.340. The zero-order chi connectivity index (χ0) is 32.2. The van der Waals surface area contributed by atoms with E-state index in [-0.39, 0.29) is 24.0 Å². The number of nitrogens with zero attached hydrogens (tertiary/aromatic N) is 4. The minimum absolute atomic E-state index is 0.0368. The number of likely N-dealkylation sites (tertiary alicyclic amines) is 3. The van der Waals surface area contributed by atoms with Crippen LogP contribution in [0.4, 0.5) is 21.0 Å². The minimum Gasteiger partial charge on any atom is -0.397 e. The van der Waals surface area contributed by atoms with E-state index in [1.165, 1.54) is 19.3 Å². The number of piperidine rings is 3. The zero-order valence-corrected chi connectivity index (χ0v) is 29.5. The number of anilines is 2. The van der Waals surface area contributed by atoms with Gasteiger partial charge in [-0.05, 0) is 119 Å². The van der Waals surface area contributed by atoms with Gasteiger partial charge in [-0.3, -0.25) is 4.79 Å². The lowest BCUT2D eigenvalue weighted by molar-refractivity contribution is -0.134. The molecule has 6 rings (SSSR count). The predicted octanol–water partition coefficient (Wildman–Crippen LogP) is 5.45. The van der Waals surface area contributed by atoms with Gasteiger partial charge in [-0.1, -0.05) is 24.6 Å². The highest BCUT2D eigenvalue weighted by molar-refractivity contribution is 9.11. The Kier molecular flexibility index (Phi) is 10.7. The number of halogens is 2. The number of fused-ring (bicyclic) bond motifs is 1. The summed E-state index contributed by atoms with van der Waals surface area (Å²) in [5.41, 5.74) is 9.65. The van der Waals surface area contributed by atoms with Gasteiger partial charge >= 0.3 is 12.1 Å². The smallest absolute Gasteiger partial charge is 0.322 e. The second-order valence-corrected chi connectivity index (χ2v) is 14.8. The normalized spacial score (nSPS) is 20.9. The van der Waals surface area contributed by atoms with Crippen LogP contribution in [-0.4, -0.2) is 102 Å². The van der Waals surface area contributed by atoms with Gasteiger partial charge in [0.15, 0.2) is 0 Å². The van der Waals surface area contributed by atoms with E-state index in [9.17, 15) is 14.4 Å². The highest BCUT2D eigenvalue weighted by Gasteiger charge is 2.35. The van der Waals surface area contributed by atoms with Gasteiger partial charge in [0.05, 0.1) is 5.69 Å². The van der Waals surface area contributed by atoms with Gasteiger partial charge < -0.3 is 36.0 Å². The van der Waals surface area contributed by atoms with E-state index in [2.05, 4.69) is 53.5 Å². The molecule has 0 aliphatic carbocycles. The molecule has 248 valence electrons. The molecule has 2 aromatic carbocycles. The first kappa shape index (κ1) is 33.1. The number of urea groups is 2. The number of para-hydroxylation sites is 1. The summed E-state index contributed by atoms with van der Waals surface area (Å²) in [7, 11) is 0. The summed E-state index contributed by atoms with van der Waals surface area (Å²) in [5.74, 6) is -0.0368. The van der Waals surface area contributed by atoms with E-state index in [1.54, 1.807) is 4.90 Å². The number of nitrogen functional groups attached to an aromatic ring is 1. The second-order valence-electron chi connectivity index (χ2n) is 13.1. The Labute approximate surface area is 288 Å². The van der Waals surface area contributed by atoms with E-state index in [1.807, 2.05) is 40.1 Å². The van der Waals surface area contributed by atoms with Crippen LogP contribution in [0.15, 0.2) is 45.3 Å². The number of hydrogen-bond acceptors (Lipinski definition) is 5. The van der Waals surface area contributed by atoms with Gasteiger partial charge in [-0.15, -0.1) is 0 Å². The number of hydrogen-bond donors (Lipinski definition) is 3. The van der Waals surface area contributed by atoms with E-state index < -0.39 is 6.04 Å². The van der Waals surface area contributed by atoms with Crippen LogP contribution in [0.1, 0.15) is 56.1 Å². The summed E-state index contributed by atoms with van der Waals surface area (Å²) in [6.45, 7) is 5.42. The summed E-state index contributed by atoms with van der Waals surface area (Å²) in [6, 6.07) is 11.4. The molecule has 3 saturated heterocycles. The lowest BCUT2D eigenvalue weighted by atomic mass is 9.98. The van der Waals surface area contributed by atoms with Crippen molar-refractivity contribution in [2.24, 2.45) is 0 Å². The molecule has 0 aromatic heterocycles. The van der Waals surface area contributed by atoms with Crippen molar-refractivity contribution in [2.45, 2.75) is 75.9 Å². The van der Waals surface area contributed by atoms with E-state index in [0.29, 0.717) is 63.7 Å². The van der Waals surface area contributed by atoms with E-state index in [4.69, 9.17) is 5.73 Å². The number of benzene rings is 2. The Morgan fingerprint density at radius 3 is 2.20 bits per heavy atom. The number of amides is 5. The van der Waals surface area contributed by atoms with Crippen LogP contribution >= 0.6 is 31.9 Å². The van der Waals surface area contributed by atoms with Crippen molar-refractivity contribution in [3.05, 3.63) is 56.5 Å². The van der Waals surface area contributed by atoms with Gasteiger partial charge in [-0.25, -0.2) is 9.59 Å². The van der Waals surface area contributed by atoms with Crippen molar-refractivity contribution >= 4 is 61.2 Å². The van der Waals surface area contributed by atoms with Crippen molar-refractivity contribution in [3.63, 3.8) is 0 Å². The number of nitrogens with one attached hydrogen (secondary N) is 2. The molecule has 4 aliphatic heterocycles. The monoisotopic (exact) mass is 757 g/mol. The second kappa shape index (κ2) is 14.9. The molecule has 1 atom stereocenters. The Morgan fingerprint density at radius 2 is 1.50 bits per heavy atom. The predicted molar refractivity (Wildman–Crippen MR) is 188 cm³/mol. The summed E-state index contributed by atoms with van der Waals surface area (Å²) in [6.07, 6.45) is 8.31. The molecule has 46 heavy (non-hydrogen) atoms. The molecule has 0 bridgehead atoms. The molecular formula is C34H45Br2N7O3. The van der Waals surface area contributed by atoms with Crippen molar-refractivity contribution in [2.75, 3.05) is 56.9 Å². The molecule has 4 heterocycles. The summed E-state index contributed by atoms with van der Waals surface area (Å²) >= 11 is 7.06. The van der Waals surface area contributed by atoms with Crippen LogP contribution in [-0.2, 0) is 17.6 Å². The molecule has 4 N–H and O–H groups in total. The molecule has 3 fully saturated rings. The highest BCUT2D eigenvalue weighted by atomic mass is 79.9. The molecule has 2 aromatic rings. The lowest BCUT2D eigenvalue weighted by Gasteiger charge is -2.41. The Bertz CT molecular complexity index is 1400.